The summed E-state index contributed by atoms with van der Waals surface area (Å²) < 4.78 is 0. The molecule has 0 aliphatic heterocycles. The number of fused-ring (bicyclic) bond motifs is 2. The third kappa shape index (κ3) is 1.88. The Morgan fingerprint density at radius 2 is 1.17 bits per heavy atom. The number of aromatic nitrogens is 2. The van der Waals surface area contributed by atoms with E-state index in [0.29, 0.717) is 10.8 Å². The van der Waals surface area contributed by atoms with Gasteiger partial charge in [0, 0.05) is 0 Å². The normalized spacial score (nSPS) is 16.0. The van der Waals surface area contributed by atoms with Gasteiger partial charge in [0.2, 0.25) is 0 Å². The lowest BCUT2D eigenvalue weighted by Crippen LogP contribution is -2.19. The number of rotatable bonds is 0. The number of benzene rings is 1. The van der Waals surface area contributed by atoms with Crippen LogP contribution >= 0.6 is 0 Å². The van der Waals surface area contributed by atoms with Gasteiger partial charge in [-0.2, -0.15) is 0 Å². The van der Waals surface area contributed by atoms with Gasteiger partial charge in [0.15, 0.2) is 0 Å². The molecule has 1 aromatic carbocycles. The molecule has 4 heteroatoms. The van der Waals surface area contributed by atoms with E-state index in [4.69, 9.17) is 0 Å². The van der Waals surface area contributed by atoms with Crippen LogP contribution in [0, 0.1) is 0 Å². The van der Waals surface area contributed by atoms with Crippen molar-refractivity contribution < 1.29 is 0 Å². The summed E-state index contributed by atoms with van der Waals surface area (Å²) >= 11 is 0. The zero-order valence-electron chi connectivity index (χ0n) is 10.2. The quantitative estimate of drug-likeness (QED) is 0.743. The Kier molecular flexibility index (Phi) is 2.78. The predicted octanol–water partition coefficient (Wildman–Crippen LogP) is 1.88. The smallest absolute Gasteiger partial charge is 0.267 e. The summed E-state index contributed by atoms with van der Waals surface area (Å²) in [4.78, 5) is 23.5. The average Bonchev–Trinajstić information content (AvgIpc) is 2.34. The van der Waals surface area contributed by atoms with Crippen molar-refractivity contribution in [3.63, 3.8) is 0 Å². The zero-order chi connectivity index (χ0) is 12.5. The molecule has 18 heavy (non-hydrogen) atoms. The van der Waals surface area contributed by atoms with Gasteiger partial charge in [0.1, 0.15) is 0 Å². The molecule has 0 saturated carbocycles. The third-order valence-electron chi connectivity index (χ3n) is 3.76. The fourth-order valence-corrected chi connectivity index (χ4v) is 2.76. The first-order chi connectivity index (χ1) is 8.75. The average molecular weight is 244 g/mol. The van der Waals surface area contributed by atoms with Crippen molar-refractivity contribution in [2.24, 2.45) is 0 Å². The Morgan fingerprint density at radius 3 is 1.61 bits per heavy atom. The van der Waals surface area contributed by atoms with E-state index < -0.39 is 0 Å². The van der Waals surface area contributed by atoms with Crippen LogP contribution in [0.4, 0.5) is 0 Å². The number of H-pyrrole nitrogens is 2. The van der Waals surface area contributed by atoms with Crippen LogP contribution < -0.4 is 11.1 Å². The van der Waals surface area contributed by atoms with Gasteiger partial charge in [-0.1, -0.05) is 12.8 Å². The van der Waals surface area contributed by atoms with Gasteiger partial charge in [-0.05, 0) is 48.9 Å². The minimum Gasteiger partial charge on any atom is -0.267 e. The minimum absolute atomic E-state index is 0.213. The maximum atomic E-state index is 11.7. The summed E-state index contributed by atoms with van der Waals surface area (Å²) in [6.45, 7) is 0. The molecule has 4 nitrogen and oxygen atoms in total. The highest BCUT2D eigenvalue weighted by Gasteiger charge is 2.11. The van der Waals surface area contributed by atoms with Crippen molar-refractivity contribution in [3.8, 4) is 0 Å². The molecule has 3 rings (SSSR count). The van der Waals surface area contributed by atoms with Gasteiger partial charge >= 0.3 is 0 Å². The molecule has 0 unspecified atom stereocenters. The summed E-state index contributed by atoms with van der Waals surface area (Å²) in [6.07, 6.45) is 6.86. The molecule has 0 fully saturated rings. The standard InChI is InChI=1S/C14H16N2O2/c17-13-11-7-9-5-3-1-2-4-6-10(9)8-12(11)14(18)16-15-13/h7-8H,1-6H2,(H,15,17)(H,16,18). The van der Waals surface area contributed by atoms with Crippen molar-refractivity contribution in [1.82, 2.24) is 10.2 Å². The SMILES string of the molecule is O=c1[nH][nH]c(=O)c2cc3c(cc12)CCCCCC3. The first-order valence-corrected chi connectivity index (χ1v) is 6.52. The Hall–Kier alpha value is -1.84. The van der Waals surface area contributed by atoms with Crippen LogP contribution in [-0.2, 0) is 12.8 Å². The monoisotopic (exact) mass is 244 g/mol. The molecule has 1 aliphatic rings. The lowest BCUT2D eigenvalue weighted by Gasteiger charge is -2.14. The molecule has 0 atom stereocenters. The molecule has 0 bridgehead atoms. The molecule has 2 aromatic rings. The maximum Gasteiger partial charge on any atom is 0.270 e. The fourth-order valence-electron chi connectivity index (χ4n) is 2.76. The Morgan fingerprint density at radius 1 is 0.722 bits per heavy atom. The minimum atomic E-state index is -0.213. The van der Waals surface area contributed by atoms with Crippen LogP contribution in [0.1, 0.15) is 36.8 Å². The summed E-state index contributed by atoms with van der Waals surface area (Å²) in [6, 6.07) is 3.81. The molecule has 0 amide bonds. The predicted molar refractivity (Wildman–Crippen MR) is 71.1 cm³/mol. The third-order valence-corrected chi connectivity index (χ3v) is 3.76. The Bertz CT molecular complexity index is 636. The van der Waals surface area contributed by atoms with Crippen LogP contribution in [0.2, 0.25) is 0 Å². The van der Waals surface area contributed by atoms with Crippen LogP contribution in [0.25, 0.3) is 10.8 Å². The van der Waals surface area contributed by atoms with Crippen molar-refractivity contribution in [3.05, 3.63) is 44.0 Å². The topological polar surface area (TPSA) is 65.7 Å². The van der Waals surface area contributed by atoms with E-state index in [2.05, 4.69) is 10.2 Å². The van der Waals surface area contributed by atoms with Crippen molar-refractivity contribution >= 4 is 10.8 Å². The number of hydrogen-bond acceptors (Lipinski definition) is 2. The van der Waals surface area contributed by atoms with Crippen LogP contribution in [0.3, 0.4) is 0 Å². The van der Waals surface area contributed by atoms with E-state index in [0.717, 1.165) is 12.8 Å². The molecule has 0 saturated heterocycles. The first-order valence-electron chi connectivity index (χ1n) is 6.52. The van der Waals surface area contributed by atoms with E-state index in [1.54, 1.807) is 0 Å². The second-order valence-corrected chi connectivity index (χ2v) is 4.99. The van der Waals surface area contributed by atoms with Crippen molar-refractivity contribution in [2.75, 3.05) is 0 Å². The lowest BCUT2D eigenvalue weighted by atomic mass is 9.91. The number of aryl methyl sites for hydroxylation is 2. The van der Waals surface area contributed by atoms with Gasteiger partial charge in [0.25, 0.3) is 11.1 Å². The second kappa shape index (κ2) is 4.44. The zero-order valence-corrected chi connectivity index (χ0v) is 10.2. The highest BCUT2D eigenvalue weighted by Crippen LogP contribution is 2.22. The van der Waals surface area contributed by atoms with Crippen LogP contribution in [-0.4, -0.2) is 10.2 Å². The van der Waals surface area contributed by atoms with E-state index in [-0.39, 0.29) is 11.1 Å². The summed E-state index contributed by atoms with van der Waals surface area (Å²) in [5.74, 6) is 0. The van der Waals surface area contributed by atoms with Gasteiger partial charge in [-0.25, -0.2) is 0 Å². The molecule has 1 aliphatic carbocycles. The molecule has 0 spiro atoms. The van der Waals surface area contributed by atoms with Gasteiger partial charge in [-0.3, -0.25) is 19.8 Å². The first kappa shape index (κ1) is 11.3. The van der Waals surface area contributed by atoms with Crippen LogP contribution in [0.5, 0.6) is 0 Å². The van der Waals surface area contributed by atoms with E-state index in [1.807, 2.05) is 12.1 Å². The molecule has 0 radical (unpaired) electrons. The van der Waals surface area contributed by atoms with Crippen molar-refractivity contribution in [1.29, 1.82) is 0 Å². The molecule has 94 valence electrons. The van der Waals surface area contributed by atoms with Crippen LogP contribution in [0.15, 0.2) is 21.7 Å². The molecule has 1 aromatic heterocycles. The maximum absolute atomic E-state index is 11.7. The van der Waals surface area contributed by atoms with E-state index in [9.17, 15) is 9.59 Å². The molecular weight excluding hydrogens is 228 g/mol. The van der Waals surface area contributed by atoms with Gasteiger partial charge in [-0.15, -0.1) is 0 Å². The fraction of sp³-hybridized carbons (Fsp3) is 0.429. The van der Waals surface area contributed by atoms with Gasteiger partial charge in [0.05, 0.1) is 10.8 Å². The molecular formula is C14H16N2O2. The lowest BCUT2D eigenvalue weighted by molar-refractivity contribution is 0.617. The summed E-state index contributed by atoms with van der Waals surface area (Å²) in [5.41, 5.74) is 2.04. The number of aromatic amines is 2. The highest BCUT2D eigenvalue weighted by atomic mass is 16.1. The largest absolute Gasteiger partial charge is 0.270 e. The Labute approximate surface area is 104 Å². The van der Waals surface area contributed by atoms with Crippen molar-refractivity contribution in [2.45, 2.75) is 38.5 Å². The summed E-state index contributed by atoms with van der Waals surface area (Å²) in [5, 5.41) is 5.79. The van der Waals surface area contributed by atoms with E-state index >= 15 is 0 Å². The molecule has 2 N–H and O–H groups in total. The van der Waals surface area contributed by atoms with Gasteiger partial charge < -0.3 is 0 Å². The Balaban J connectivity index is 2.28. The highest BCUT2D eigenvalue weighted by molar-refractivity contribution is 5.82. The number of nitrogens with one attached hydrogen (secondary N) is 2. The second-order valence-electron chi connectivity index (χ2n) is 4.99. The molecule has 1 heterocycles. The summed E-state index contributed by atoms with van der Waals surface area (Å²) in [7, 11) is 0. The number of hydrogen-bond donors (Lipinski definition) is 2. The van der Waals surface area contributed by atoms with E-state index in [1.165, 1.54) is 36.8 Å².